The van der Waals surface area contributed by atoms with Gasteiger partial charge in [-0.25, -0.2) is 4.98 Å². The second kappa shape index (κ2) is 5.22. The quantitative estimate of drug-likeness (QED) is 0.351. The van der Waals surface area contributed by atoms with Gasteiger partial charge in [0, 0.05) is 12.7 Å². The van der Waals surface area contributed by atoms with E-state index in [1.54, 1.807) is 18.3 Å². The van der Waals surface area contributed by atoms with Crippen molar-refractivity contribution in [3.8, 4) is 0 Å². The van der Waals surface area contributed by atoms with Gasteiger partial charge in [0.25, 0.3) is 0 Å². The van der Waals surface area contributed by atoms with E-state index in [2.05, 4.69) is 22.0 Å². The summed E-state index contributed by atoms with van der Waals surface area (Å²) in [5, 5.41) is 11.9. The third-order valence-electron chi connectivity index (χ3n) is 3.05. The van der Waals surface area contributed by atoms with E-state index < -0.39 is 0 Å². The Bertz CT molecular complexity index is 449. The Morgan fingerprint density at radius 1 is 1.61 bits per heavy atom. The molecule has 0 amide bonds. The smallest absolute Gasteiger partial charge is 0.173 e. The zero-order chi connectivity index (χ0) is 13.1. The van der Waals surface area contributed by atoms with Gasteiger partial charge in [0.1, 0.15) is 5.82 Å². The van der Waals surface area contributed by atoms with Gasteiger partial charge in [0.15, 0.2) is 5.84 Å². The van der Waals surface area contributed by atoms with Crippen molar-refractivity contribution in [3.63, 3.8) is 0 Å². The summed E-state index contributed by atoms with van der Waals surface area (Å²) in [5.74, 6) is 0.805. The van der Waals surface area contributed by atoms with Gasteiger partial charge in [0.2, 0.25) is 0 Å². The van der Waals surface area contributed by atoms with Crippen LogP contribution in [-0.4, -0.2) is 41.3 Å². The Kier molecular flexibility index (Phi) is 3.66. The number of aromatic nitrogens is 1. The molecular formula is C12H18N4O2. The zero-order valence-electron chi connectivity index (χ0n) is 10.6. The van der Waals surface area contributed by atoms with E-state index in [9.17, 15) is 0 Å². The van der Waals surface area contributed by atoms with Gasteiger partial charge >= 0.3 is 0 Å². The number of hydrogen-bond acceptors (Lipinski definition) is 5. The van der Waals surface area contributed by atoms with Crippen LogP contribution in [0.3, 0.4) is 0 Å². The van der Waals surface area contributed by atoms with Crippen LogP contribution in [0, 0.1) is 0 Å². The standard InChI is InChI=1S/C12H18N4O2/c1-8-7-18-9(2)6-16(8)12-10(11(13)15-17)4-3-5-14-12/h3-5,8-9,17H,6-7H2,1-2H3,(H2,13,15). The summed E-state index contributed by atoms with van der Waals surface area (Å²) in [6, 6.07) is 3.77. The van der Waals surface area contributed by atoms with Crippen molar-refractivity contribution in [1.29, 1.82) is 0 Å². The van der Waals surface area contributed by atoms with E-state index in [1.165, 1.54) is 0 Å². The van der Waals surface area contributed by atoms with Crippen LogP contribution >= 0.6 is 0 Å². The number of hydrogen-bond donors (Lipinski definition) is 2. The van der Waals surface area contributed by atoms with Crippen molar-refractivity contribution >= 4 is 11.7 Å². The van der Waals surface area contributed by atoms with Crippen molar-refractivity contribution < 1.29 is 9.94 Å². The van der Waals surface area contributed by atoms with Gasteiger partial charge in [-0.15, -0.1) is 0 Å². The lowest BCUT2D eigenvalue weighted by molar-refractivity contribution is 0.0340. The van der Waals surface area contributed by atoms with Crippen molar-refractivity contribution in [2.75, 3.05) is 18.1 Å². The Hall–Kier alpha value is -1.82. The lowest BCUT2D eigenvalue weighted by atomic mass is 10.1. The zero-order valence-corrected chi connectivity index (χ0v) is 10.6. The molecule has 2 unspecified atom stereocenters. The highest BCUT2D eigenvalue weighted by molar-refractivity contribution is 6.01. The fourth-order valence-corrected chi connectivity index (χ4v) is 2.08. The summed E-state index contributed by atoms with van der Waals surface area (Å²) in [5.41, 5.74) is 6.32. The summed E-state index contributed by atoms with van der Waals surface area (Å²) in [4.78, 5) is 6.48. The molecule has 1 aromatic heterocycles. The number of rotatable bonds is 2. The molecule has 6 nitrogen and oxygen atoms in total. The average molecular weight is 250 g/mol. The highest BCUT2D eigenvalue weighted by Gasteiger charge is 2.26. The lowest BCUT2D eigenvalue weighted by Crippen LogP contribution is -2.48. The number of oxime groups is 1. The summed E-state index contributed by atoms with van der Waals surface area (Å²) in [6.07, 6.45) is 1.85. The first kappa shape index (κ1) is 12.6. The summed E-state index contributed by atoms with van der Waals surface area (Å²) in [7, 11) is 0. The minimum atomic E-state index is 0.0736. The van der Waals surface area contributed by atoms with E-state index in [0.717, 1.165) is 12.4 Å². The molecule has 0 spiro atoms. The van der Waals surface area contributed by atoms with Crippen LogP contribution in [0.15, 0.2) is 23.5 Å². The molecule has 2 heterocycles. The van der Waals surface area contributed by atoms with E-state index >= 15 is 0 Å². The molecule has 1 aliphatic heterocycles. The van der Waals surface area contributed by atoms with Gasteiger partial charge < -0.3 is 20.6 Å². The van der Waals surface area contributed by atoms with E-state index in [1.807, 2.05) is 6.92 Å². The minimum absolute atomic E-state index is 0.0736. The minimum Gasteiger partial charge on any atom is -0.409 e. The normalized spacial score (nSPS) is 25.2. The lowest BCUT2D eigenvalue weighted by Gasteiger charge is -2.38. The molecule has 3 N–H and O–H groups in total. The van der Waals surface area contributed by atoms with Gasteiger partial charge in [0.05, 0.1) is 24.3 Å². The summed E-state index contributed by atoms with van der Waals surface area (Å²) < 4.78 is 5.59. The van der Waals surface area contributed by atoms with Crippen LogP contribution in [0.2, 0.25) is 0 Å². The molecule has 2 rings (SSSR count). The Morgan fingerprint density at radius 2 is 2.39 bits per heavy atom. The number of pyridine rings is 1. The van der Waals surface area contributed by atoms with Gasteiger partial charge in [-0.3, -0.25) is 0 Å². The van der Waals surface area contributed by atoms with Gasteiger partial charge in [-0.05, 0) is 26.0 Å². The molecule has 0 radical (unpaired) electrons. The molecule has 1 aliphatic rings. The van der Waals surface area contributed by atoms with Crippen molar-refractivity contribution in [2.24, 2.45) is 10.9 Å². The number of ether oxygens (including phenoxy) is 1. The van der Waals surface area contributed by atoms with Gasteiger partial charge in [-0.2, -0.15) is 0 Å². The average Bonchev–Trinajstić information content (AvgIpc) is 2.40. The molecule has 1 fully saturated rings. The Labute approximate surface area is 106 Å². The van der Waals surface area contributed by atoms with Crippen LogP contribution in [0.25, 0.3) is 0 Å². The molecular weight excluding hydrogens is 232 g/mol. The number of amidine groups is 1. The molecule has 6 heteroatoms. The predicted octanol–water partition coefficient (Wildman–Crippen LogP) is 0.790. The Balaban J connectivity index is 2.37. The highest BCUT2D eigenvalue weighted by Crippen LogP contribution is 2.23. The van der Waals surface area contributed by atoms with E-state index in [4.69, 9.17) is 15.7 Å². The maximum Gasteiger partial charge on any atom is 0.173 e. The van der Waals surface area contributed by atoms with E-state index in [-0.39, 0.29) is 18.0 Å². The van der Waals surface area contributed by atoms with Crippen LogP contribution in [-0.2, 0) is 4.74 Å². The molecule has 1 aromatic rings. The van der Waals surface area contributed by atoms with Crippen molar-refractivity contribution in [2.45, 2.75) is 26.0 Å². The number of morpholine rings is 1. The van der Waals surface area contributed by atoms with E-state index in [0.29, 0.717) is 12.2 Å². The van der Waals surface area contributed by atoms with Crippen molar-refractivity contribution in [1.82, 2.24) is 4.98 Å². The van der Waals surface area contributed by atoms with Crippen LogP contribution < -0.4 is 10.6 Å². The second-order valence-electron chi connectivity index (χ2n) is 4.51. The third kappa shape index (κ3) is 2.38. The topological polar surface area (TPSA) is 84.0 Å². The summed E-state index contributed by atoms with van der Waals surface area (Å²) in [6.45, 7) is 5.47. The molecule has 18 heavy (non-hydrogen) atoms. The first-order valence-corrected chi connectivity index (χ1v) is 5.94. The molecule has 0 aromatic carbocycles. The monoisotopic (exact) mass is 250 g/mol. The number of nitrogens with two attached hydrogens (primary N) is 1. The highest BCUT2D eigenvalue weighted by atomic mass is 16.5. The number of nitrogens with zero attached hydrogens (tertiary/aromatic N) is 3. The second-order valence-corrected chi connectivity index (χ2v) is 4.51. The molecule has 0 aliphatic carbocycles. The first-order chi connectivity index (χ1) is 8.63. The first-order valence-electron chi connectivity index (χ1n) is 5.94. The summed E-state index contributed by atoms with van der Waals surface area (Å²) >= 11 is 0. The molecule has 98 valence electrons. The van der Waals surface area contributed by atoms with Crippen molar-refractivity contribution in [3.05, 3.63) is 23.9 Å². The maximum absolute atomic E-state index is 8.82. The number of anilines is 1. The fraction of sp³-hybridized carbons (Fsp3) is 0.500. The van der Waals surface area contributed by atoms with Crippen LogP contribution in [0.1, 0.15) is 19.4 Å². The Morgan fingerprint density at radius 3 is 3.11 bits per heavy atom. The van der Waals surface area contributed by atoms with Crippen LogP contribution in [0.5, 0.6) is 0 Å². The molecule has 0 bridgehead atoms. The molecule has 1 saturated heterocycles. The molecule has 2 atom stereocenters. The van der Waals surface area contributed by atoms with Gasteiger partial charge in [-0.1, -0.05) is 5.16 Å². The predicted molar refractivity (Wildman–Crippen MR) is 69.0 cm³/mol. The van der Waals surface area contributed by atoms with Crippen LogP contribution in [0.4, 0.5) is 5.82 Å². The SMILES string of the molecule is CC1CN(c2ncccc2/C(N)=N/O)C(C)CO1. The molecule has 0 saturated carbocycles. The maximum atomic E-state index is 8.82. The largest absolute Gasteiger partial charge is 0.409 e. The fourth-order valence-electron chi connectivity index (χ4n) is 2.08. The third-order valence-corrected chi connectivity index (χ3v) is 3.05.